The van der Waals surface area contributed by atoms with Gasteiger partial charge in [0.1, 0.15) is 17.3 Å². The Morgan fingerprint density at radius 3 is 2.62 bits per heavy atom. The third kappa shape index (κ3) is 4.50. The molecule has 2 N–H and O–H groups in total. The minimum absolute atomic E-state index is 0.183. The van der Waals surface area contributed by atoms with Gasteiger partial charge in [-0.05, 0) is 105 Å². The van der Waals surface area contributed by atoms with Gasteiger partial charge in [-0.3, -0.25) is 5.10 Å². The van der Waals surface area contributed by atoms with Crippen LogP contribution in [0.1, 0.15) is 30.7 Å². The average Bonchev–Trinajstić information content (AvgIpc) is 3.75. The van der Waals surface area contributed by atoms with Crippen LogP contribution in [0.4, 0.5) is 4.39 Å². The highest BCUT2D eigenvalue weighted by atomic mass is 19.1. The van der Waals surface area contributed by atoms with Gasteiger partial charge in [0.15, 0.2) is 0 Å². The maximum Gasteiger partial charge on any atom is 0.124 e. The molecule has 202 valence electrons. The van der Waals surface area contributed by atoms with E-state index < -0.39 is 0 Å². The van der Waals surface area contributed by atoms with Gasteiger partial charge in [-0.1, -0.05) is 24.3 Å². The summed E-state index contributed by atoms with van der Waals surface area (Å²) in [6.07, 6.45) is 6.44. The molecule has 0 amide bonds. The number of aromatic nitrogens is 5. The van der Waals surface area contributed by atoms with Crippen LogP contribution in [0.15, 0.2) is 66.9 Å². The molecule has 40 heavy (non-hydrogen) atoms. The van der Waals surface area contributed by atoms with E-state index in [1.165, 1.54) is 25.9 Å². The van der Waals surface area contributed by atoms with Gasteiger partial charge < -0.3 is 14.5 Å². The second-order valence-electron chi connectivity index (χ2n) is 11.0. The van der Waals surface area contributed by atoms with Crippen LogP contribution in [0.3, 0.4) is 0 Å². The molecule has 3 aromatic heterocycles. The molecule has 1 aliphatic rings. The fourth-order valence-electron chi connectivity index (χ4n) is 6.15. The highest BCUT2D eigenvalue weighted by molar-refractivity contribution is 6.01. The van der Waals surface area contributed by atoms with E-state index in [9.17, 15) is 4.39 Å². The smallest absolute Gasteiger partial charge is 0.124 e. The molecule has 1 aliphatic heterocycles. The first kappa shape index (κ1) is 24.8. The van der Waals surface area contributed by atoms with Crippen molar-refractivity contribution in [1.29, 1.82) is 0 Å². The number of likely N-dealkylation sites (tertiary alicyclic amines) is 1. The van der Waals surface area contributed by atoms with Crippen molar-refractivity contribution >= 4 is 21.8 Å². The van der Waals surface area contributed by atoms with Crippen LogP contribution in [0.25, 0.3) is 55.6 Å². The van der Waals surface area contributed by atoms with Crippen molar-refractivity contribution in [3.63, 3.8) is 0 Å². The molecule has 0 saturated carbocycles. The van der Waals surface area contributed by atoms with Gasteiger partial charge in [-0.25, -0.2) is 9.37 Å². The zero-order valence-electron chi connectivity index (χ0n) is 23.0. The number of aromatic amines is 2. The Balaban J connectivity index is 1.23. The molecular weight excluding hydrogens is 499 g/mol. The molecule has 0 atom stereocenters. The number of halogens is 1. The highest BCUT2D eigenvalue weighted by Crippen LogP contribution is 2.36. The summed E-state index contributed by atoms with van der Waals surface area (Å²) in [6, 6.07) is 20.1. The minimum atomic E-state index is -0.183. The van der Waals surface area contributed by atoms with Gasteiger partial charge in [0.05, 0.1) is 23.1 Å². The van der Waals surface area contributed by atoms with Gasteiger partial charge in [0, 0.05) is 28.9 Å². The fraction of sp³-hybridized carbons (Fsp3) is 0.273. The molecule has 0 unspecified atom stereocenters. The SMILES string of the molecule is Cc1ncc(-c2ccc3[nH]nc(-c4cc5c(-c6cc(F)cc(CCCN7CCCC7)c6)cccc5[nH]4)c3c2)n1C. The number of aryl methyl sites for hydroxylation is 2. The standard InChI is InChI=1S/C33H33FN6/c1-21-35-20-32(39(21)2)23-10-11-30-28(18-23)33(38-37-30)31-19-27-26(8-5-9-29(27)36-31)24-15-22(16-25(34)17-24)7-6-14-40-12-3-4-13-40/h5,8-11,15-20,36H,3-4,6-7,12-14H2,1-2H3,(H,37,38). The van der Waals surface area contributed by atoms with Crippen molar-refractivity contribution in [3.8, 4) is 33.8 Å². The number of nitrogens with zero attached hydrogens (tertiary/aromatic N) is 4. The molecule has 0 aliphatic carbocycles. The van der Waals surface area contributed by atoms with Gasteiger partial charge in [-0.2, -0.15) is 5.10 Å². The molecule has 1 fully saturated rings. The minimum Gasteiger partial charge on any atom is -0.353 e. The molecule has 6 aromatic rings. The average molecular weight is 533 g/mol. The highest BCUT2D eigenvalue weighted by Gasteiger charge is 2.16. The second-order valence-corrected chi connectivity index (χ2v) is 11.0. The Morgan fingerprint density at radius 2 is 1.80 bits per heavy atom. The number of imidazole rings is 1. The van der Waals surface area contributed by atoms with Crippen LogP contribution >= 0.6 is 0 Å². The molecule has 1 saturated heterocycles. The monoisotopic (exact) mass is 532 g/mol. The summed E-state index contributed by atoms with van der Waals surface area (Å²) >= 11 is 0. The second kappa shape index (κ2) is 10.1. The molecule has 0 spiro atoms. The zero-order chi connectivity index (χ0) is 27.2. The largest absolute Gasteiger partial charge is 0.353 e. The Morgan fingerprint density at radius 1 is 0.925 bits per heavy atom. The van der Waals surface area contributed by atoms with Gasteiger partial charge in [-0.15, -0.1) is 0 Å². The maximum atomic E-state index is 14.8. The first-order chi connectivity index (χ1) is 19.5. The molecule has 7 heteroatoms. The van der Waals surface area contributed by atoms with Gasteiger partial charge >= 0.3 is 0 Å². The summed E-state index contributed by atoms with van der Waals surface area (Å²) < 4.78 is 16.9. The van der Waals surface area contributed by atoms with Gasteiger partial charge in [0.25, 0.3) is 0 Å². The van der Waals surface area contributed by atoms with Crippen molar-refractivity contribution in [1.82, 2.24) is 29.6 Å². The predicted octanol–water partition coefficient (Wildman–Crippen LogP) is 7.25. The van der Waals surface area contributed by atoms with Crippen LogP contribution in [0, 0.1) is 12.7 Å². The number of hydrogen-bond acceptors (Lipinski definition) is 3. The summed E-state index contributed by atoms with van der Waals surface area (Å²) in [4.78, 5) is 10.5. The summed E-state index contributed by atoms with van der Waals surface area (Å²) in [5.41, 5.74) is 8.90. The van der Waals surface area contributed by atoms with Crippen molar-refractivity contribution < 1.29 is 4.39 Å². The van der Waals surface area contributed by atoms with E-state index in [-0.39, 0.29) is 5.82 Å². The zero-order valence-corrected chi connectivity index (χ0v) is 23.0. The van der Waals surface area contributed by atoms with Crippen molar-refractivity contribution in [2.24, 2.45) is 7.05 Å². The number of benzene rings is 3. The topological polar surface area (TPSA) is 65.5 Å². The van der Waals surface area contributed by atoms with Crippen molar-refractivity contribution in [2.45, 2.75) is 32.6 Å². The number of hydrogen-bond donors (Lipinski definition) is 2. The lowest BCUT2D eigenvalue weighted by molar-refractivity contribution is 0.334. The van der Waals surface area contributed by atoms with E-state index >= 15 is 0 Å². The Labute approximate surface area is 232 Å². The third-order valence-electron chi connectivity index (χ3n) is 8.41. The quantitative estimate of drug-likeness (QED) is 0.228. The normalized spacial score (nSPS) is 14.2. The van der Waals surface area contributed by atoms with E-state index in [0.717, 1.165) is 86.4 Å². The first-order valence-electron chi connectivity index (χ1n) is 14.1. The summed E-state index contributed by atoms with van der Waals surface area (Å²) in [6.45, 7) is 5.48. The predicted molar refractivity (Wildman–Crippen MR) is 160 cm³/mol. The molecule has 3 aromatic carbocycles. The third-order valence-corrected chi connectivity index (χ3v) is 8.41. The van der Waals surface area contributed by atoms with E-state index in [4.69, 9.17) is 0 Å². The van der Waals surface area contributed by atoms with Crippen LogP contribution < -0.4 is 0 Å². The Kier molecular flexibility index (Phi) is 6.24. The van der Waals surface area contributed by atoms with Crippen LogP contribution in [0.5, 0.6) is 0 Å². The Hall–Kier alpha value is -4.23. The number of H-pyrrole nitrogens is 2. The molecule has 4 heterocycles. The first-order valence-corrected chi connectivity index (χ1v) is 14.1. The lowest BCUT2D eigenvalue weighted by atomic mass is 9.97. The molecule has 7 rings (SSSR count). The maximum absolute atomic E-state index is 14.8. The number of fused-ring (bicyclic) bond motifs is 2. The molecule has 0 radical (unpaired) electrons. The lowest BCUT2D eigenvalue weighted by Gasteiger charge is -2.14. The van der Waals surface area contributed by atoms with E-state index in [2.05, 4.69) is 72.1 Å². The van der Waals surface area contributed by atoms with E-state index in [1.807, 2.05) is 26.2 Å². The Bertz CT molecular complexity index is 1840. The van der Waals surface area contributed by atoms with Crippen molar-refractivity contribution in [2.75, 3.05) is 19.6 Å². The van der Waals surface area contributed by atoms with Crippen LogP contribution in [-0.4, -0.2) is 49.3 Å². The van der Waals surface area contributed by atoms with Gasteiger partial charge in [0.2, 0.25) is 0 Å². The summed E-state index contributed by atoms with van der Waals surface area (Å²) in [5.74, 6) is 0.787. The molecular formula is C33H33FN6. The number of rotatable bonds is 7. The van der Waals surface area contributed by atoms with Crippen LogP contribution in [0.2, 0.25) is 0 Å². The summed E-state index contributed by atoms with van der Waals surface area (Å²) in [5, 5.41) is 9.96. The van der Waals surface area contributed by atoms with Crippen molar-refractivity contribution in [3.05, 3.63) is 84.1 Å². The van der Waals surface area contributed by atoms with Crippen LogP contribution in [-0.2, 0) is 13.5 Å². The van der Waals surface area contributed by atoms with E-state index in [1.54, 1.807) is 12.1 Å². The van der Waals surface area contributed by atoms with E-state index in [0.29, 0.717) is 0 Å². The summed E-state index contributed by atoms with van der Waals surface area (Å²) in [7, 11) is 2.03. The molecule has 0 bridgehead atoms. The molecule has 6 nitrogen and oxygen atoms in total. The number of nitrogens with one attached hydrogen (secondary N) is 2. The lowest BCUT2D eigenvalue weighted by Crippen LogP contribution is -2.20. The fourth-order valence-corrected chi connectivity index (χ4v) is 6.15.